The predicted octanol–water partition coefficient (Wildman–Crippen LogP) is 1.34. The number of hydrogen-bond donors (Lipinski definition) is 1. The maximum Gasteiger partial charge on any atom is 0.271 e. The third-order valence-electron chi connectivity index (χ3n) is 3.11. The minimum atomic E-state index is -0.439. The van der Waals surface area contributed by atoms with Gasteiger partial charge in [0.15, 0.2) is 0 Å². The van der Waals surface area contributed by atoms with Crippen LogP contribution in [0.3, 0.4) is 0 Å². The molecular weight excluding hydrogens is 268 g/mol. The van der Waals surface area contributed by atoms with Crippen LogP contribution in [0.4, 0.5) is 11.4 Å². The smallest absolute Gasteiger partial charge is 0.271 e. The number of nitro groups is 1. The van der Waals surface area contributed by atoms with Gasteiger partial charge in [-0.15, -0.1) is 11.8 Å². The second kappa shape index (κ2) is 4.23. The lowest BCUT2D eigenvalue weighted by atomic mass is 10.1. The molecule has 0 fully saturated rings. The molecule has 7 nitrogen and oxygen atoms in total. The van der Waals surface area contributed by atoms with Gasteiger partial charge in [0.25, 0.3) is 11.6 Å². The molecule has 0 bridgehead atoms. The van der Waals surface area contributed by atoms with Crippen LogP contribution in [0.15, 0.2) is 28.2 Å². The van der Waals surface area contributed by atoms with Crippen LogP contribution in [-0.4, -0.2) is 28.5 Å². The first kappa shape index (κ1) is 12.0. The fourth-order valence-electron chi connectivity index (χ4n) is 2.13. The zero-order valence-corrected chi connectivity index (χ0v) is 10.8. The van der Waals surface area contributed by atoms with E-state index < -0.39 is 11.0 Å². The van der Waals surface area contributed by atoms with E-state index in [-0.39, 0.29) is 11.6 Å². The highest BCUT2D eigenvalue weighted by Gasteiger charge is 2.35. The average molecular weight is 278 g/mol. The van der Waals surface area contributed by atoms with Gasteiger partial charge in [-0.2, -0.15) is 5.10 Å². The lowest BCUT2D eigenvalue weighted by molar-refractivity contribution is -0.384. The highest BCUT2D eigenvalue weighted by Crippen LogP contribution is 2.39. The van der Waals surface area contributed by atoms with Crippen LogP contribution in [0.1, 0.15) is 6.92 Å². The molecule has 19 heavy (non-hydrogen) atoms. The molecule has 3 rings (SSSR count). The van der Waals surface area contributed by atoms with Crippen molar-refractivity contribution in [3.05, 3.63) is 28.3 Å². The number of non-ortho nitro benzene ring substituents is 1. The highest BCUT2D eigenvalue weighted by molar-refractivity contribution is 8.00. The van der Waals surface area contributed by atoms with Crippen molar-refractivity contribution in [1.29, 1.82) is 0 Å². The minimum Gasteiger partial charge on any atom is -0.314 e. The number of fused-ring (bicyclic) bond motifs is 3. The highest BCUT2D eigenvalue weighted by atomic mass is 32.2. The molecule has 1 amide bonds. The van der Waals surface area contributed by atoms with Crippen LogP contribution in [0.2, 0.25) is 0 Å². The Hall–Kier alpha value is -2.09. The molecule has 2 heterocycles. The van der Waals surface area contributed by atoms with Crippen molar-refractivity contribution in [2.24, 2.45) is 5.10 Å². The number of nitrogens with zero attached hydrogens (tertiary/aromatic N) is 3. The van der Waals surface area contributed by atoms with Gasteiger partial charge in [0.1, 0.15) is 11.9 Å². The van der Waals surface area contributed by atoms with E-state index in [0.717, 1.165) is 4.90 Å². The summed E-state index contributed by atoms with van der Waals surface area (Å²) in [6.07, 6.45) is 0. The zero-order valence-electron chi connectivity index (χ0n) is 9.99. The second-order valence-corrected chi connectivity index (χ2v) is 5.27. The van der Waals surface area contributed by atoms with Gasteiger partial charge in [-0.05, 0) is 13.0 Å². The van der Waals surface area contributed by atoms with Gasteiger partial charge >= 0.3 is 0 Å². The Balaban J connectivity index is 2.13. The van der Waals surface area contributed by atoms with Crippen LogP contribution in [0, 0.1) is 10.1 Å². The Morgan fingerprint density at radius 2 is 2.37 bits per heavy atom. The number of nitrogens with one attached hydrogen (secondary N) is 1. The summed E-state index contributed by atoms with van der Waals surface area (Å²) in [7, 11) is 0. The summed E-state index contributed by atoms with van der Waals surface area (Å²) in [6.45, 7) is 1.75. The molecule has 0 saturated carbocycles. The first-order valence-corrected chi connectivity index (χ1v) is 6.63. The summed E-state index contributed by atoms with van der Waals surface area (Å²) in [5, 5.41) is 14.9. The average Bonchev–Trinajstić information content (AvgIpc) is 2.41. The predicted molar refractivity (Wildman–Crippen MR) is 71.3 cm³/mol. The number of nitro benzene ring substituents is 1. The van der Waals surface area contributed by atoms with E-state index in [1.807, 2.05) is 0 Å². The number of carbonyl (C=O) groups excluding carboxylic acids is 1. The molecule has 1 atom stereocenters. The van der Waals surface area contributed by atoms with Crippen molar-refractivity contribution in [1.82, 2.24) is 5.43 Å². The van der Waals surface area contributed by atoms with E-state index in [9.17, 15) is 14.9 Å². The maximum atomic E-state index is 11.7. The summed E-state index contributed by atoms with van der Waals surface area (Å²) in [5.41, 5.74) is 3.14. The summed E-state index contributed by atoms with van der Waals surface area (Å²) in [6, 6.07) is 4.26. The maximum absolute atomic E-state index is 11.7. The molecule has 0 aliphatic carbocycles. The molecule has 2 aliphatic rings. The summed E-state index contributed by atoms with van der Waals surface area (Å²) in [5.74, 6) is 1.13. The van der Waals surface area contributed by atoms with Crippen molar-refractivity contribution < 1.29 is 9.72 Å². The molecule has 98 valence electrons. The van der Waals surface area contributed by atoms with Crippen LogP contribution >= 0.6 is 11.8 Å². The molecule has 0 saturated heterocycles. The number of amides is 1. The van der Waals surface area contributed by atoms with E-state index in [1.165, 1.54) is 12.1 Å². The Kier molecular flexibility index (Phi) is 2.67. The van der Waals surface area contributed by atoms with Crippen LogP contribution < -0.4 is 10.3 Å². The molecule has 0 aromatic heterocycles. The van der Waals surface area contributed by atoms with Gasteiger partial charge in [0, 0.05) is 17.0 Å². The Morgan fingerprint density at radius 3 is 3.11 bits per heavy atom. The lowest BCUT2D eigenvalue weighted by Crippen LogP contribution is -2.54. The summed E-state index contributed by atoms with van der Waals surface area (Å²) < 4.78 is 0. The Morgan fingerprint density at radius 1 is 1.58 bits per heavy atom. The lowest BCUT2D eigenvalue weighted by Gasteiger charge is -2.37. The van der Waals surface area contributed by atoms with Gasteiger partial charge in [0.2, 0.25) is 0 Å². The molecule has 0 unspecified atom stereocenters. The van der Waals surface area contributed by atoms with E-state index in [1.54, 1.807) is 29.7 Å². The first-order chi connectivity index (χ1) is 9.08. The van der Waals surface area contributed by atoms with Crippen molar-refractivity contribution in [2.45, 2.75) is 17.9 Å². The summed E-state index contributed by atoms with van der Waals surface area (Å²) in [4.78, 5) is 24.8. The molecule has 0 radical (unpaired) electrons. The Labute approximate surface area is 112 Å². The largest absolute Gasteiger partial charge is 0.314 e. The quantitative estimate of drug-likeness (QED) is 0.618. The van der Waals surface area contributed by atoms with E-state index in [4.69, 9.17) is 0 Å². The van der Waals surface area contributed by atoms with Crippen LogP contribution in [0.25, 0.3) is 0 Å². The fraction of sp³-hybridized carbons (Fsp3) is 0.273. The molecule has 1 N–H and O–H groups in total. The first-order valence-electron chi connectivity index (χ1n) is 5.65. The van der Waals surface area contributed by atoms with Crippen molar-refractivity contribution in [2.75, 3.05) is 10.7 Å². The third-order valence-corrected chi connectivity index (χ3v) is 4.17. The standard InChI is InChI=1S/C11H10N4O3S/c1-6-11(16)13-12-10-5-19-9-3-2-7(15(17)18)4-8(9)14(6)10/h2-4,6H,5H2,1H3,(H,13,16)/t6-/m0/s1. The van der Waals surface area contributed by atoms with Crippen LogP contribution in [-0.2, 0) is 4.79 Å². The molecule has 1 aromatic carbocycles. The number of thioether (sulfide) groups is 1. The number of carbonyl (C=O) groups is 1. The molecule has 8 heteroatoms. The SMILES string of the molecule is C[C@H]1C(=O)NN=C2CSc3ccc([N+](=O)[O-])cc3N21. The number of anilines is 1. The van der Waals surface area contributed by atoms with Crippen molar-refractivity contribution in [3.63, 3.8) is 0 Å². The third kappa shape index (κ3) is 1.84. The Bertz CT molecular complexity index is 616. The second-order valence-electron chi connectivity index (χ2n) is 4.25. The topological polar surface area (TPSA) is 87.8 Å². The van der Waals surface area contributed by atoms with E-state index in [0.29, 0.717) is 17.3 Å². The van der Waals surface area contributed by atoms with E-state index >= 15 is 0 Å². The van der Waals surface area contributed by atoms with Gasteiger partial charge in [-0.3, -0.25) is 14.9 Å². The number of benzene rings is 1. The number of hydrogen-bond acceptors (Lipinski definition) is 6. The van der Waals surface area contributed by atoms with E-state index in [2.05, 4.69) is 10.5 Å². The molecule has 2 aliphatic heterocycles. The minimum absolute atomic E-state index is 0.0128. The fourth-order valence-corrected chi connectivity index (χ4v) is 3.09. The molecule has 0 spiro atoms. The van der Waals surface area contributed by atoms with Crippen LogP contribution in [0.5, 0.6) is 0 Å². The number of amidine groups is 1. The van der Waals surface area contributed by atoms with Gasteiger partial charge < -0.3 is 4.90 Å². The van der Waals surface area contributed by atoms with Gasteiger partial charge in [-0.25, -0.2) is 5.43 Å². The summed E-state index contributed by atoms with van der Waals surface area (Å²) >= 11 is 1.55. The molecule has 1 aromatic rings. The zero-order chi connectivity index (χ0) is 13.6. The monoisotopic (exact) mass is 278 g/mol. The van der Waals surface area contributed by atoms with Crippen molar-refractivity contribution >= 4 is 34.9 Å². The number of hydrazone groups is 1. The normalized spacial score (nSPS) is 21.1. The van der Waals surface area contributed by atoms with Gasteiger partial charge in [-0.1, -0.05) is 0 Å². The molecular formula is C11H10N4O3S. The van der Waals surface area contributed by atoms with Crippen molar-refractivity contribution in [3.8, 4) is 0 Å². The van der Waals surface area contributed by atoms with Gasteiger partial charge in [0.05, 0.1) is 16.4 Å². The number of rotatable bonds is 1.